The molecule has 0 aliphatic heterocycles. The molecule has 2 nitrogen and oxygen atoms in total. The fourth-order valence-electron chi connectivity index (χ4n) is 1.95. The van der Waals surface area contributed by atoms with Gasteiger partial charge in [-0.15, -0.1) is 0 Å². The average molecular weight is 302 g/mol. The topological polar surface area (TPSA) is 34.1 Å². The fraction of sp³-hybridized carbons (Fsp3) is 0.333. The Morgan fingerprint density at radius 1 is 1.44 bits per heavy atom. The number of carbonyl (C=O) groups excluding carboxylic acids is 2. The van der Waals surface area contributed by atoms with Gasteiger partial charge in [-0.05, 0) is 40.5 Å². The second-order valence-electron chi connectivity index (χ2n) is 3.97. The van der Waals surface area contributed by atoms with E-state index < -0.39 is 0 Å². The smallest absolute Gasteiger partial charge is 0.167 e. The zero-order chi connectivity index (χ0) is 11.7. The van der Waals surface area contributed by atoms with Crippen LogP contribution in [-0.2, 0) is 4.79 Å². The molecule has 1 aliphatic rings. The minimum atomic E-state index is -0.148. The van der Waals surface area contributed by atoms with E-state index in [1.54, 1.807) is 18.2 Å². The Bertz CT molecular complexity index is 456. The van der Waals surface area contributed by atoms with Gasteiger partial charge in [0, 0.05) is 33.8 Å². The van der Waals surface area contributed by atoms with E-state index in [1.165, 1.54) is 0 Å². The quantitative estimate of drug-likeness (QED) is 0.781. The van der Waals surface area contributed by atoms with Gasteiger partial charge in [0.1, 0.15) is 5.78 Å². The van der Waals surface area contributed by atoms with Crippen LogP contribution >= 0.6 is 27.5 Å². The number of carbonyl (C=O) groups is 2. The van der Waals surface area contributed by atoms with Crippen LogP contribution in [0.1, 0.15) is 29.6 Å². The zero-order valence-corrected chi connectivity index (χ0v) is 10.8. The first-order chi connectivity index (χ1) is 7.58. The van der Waals surface area contributed by atoms with E-state index in [1.807, 2.05) is 0 Å². The van der Waals surface area contributed by atoms with Crippen molar-refractivity contribution in [3.05, 3.63) is 33.3 Å². The summed E-state index contributed by atoms with van der Waals surface area (Å²) in [5, 5.41) is 0.589. The van der Waals surface area contributed by atoms with Crippen LogP contribution in [-0.4, -0.2) is 11.6 Å². The Morgan fingerprint density at radius 3 is 2.75 bits per heavy atom. The van der Waals surface area contributed by atoms with Crippen LogP contribution in [0.3, 0.4) is 0 Å². The van der Waals surface area contributed by atoms with Crippen molar-refractivity contribution in [2.45, 2.75) is 19.3 Å². The molecule has 1 aromatic carbocycles. The number of rotatable bonds is 2. The maximum Gasteiger partial charge on any atom is 0.167 e. The molecule has 1 aliphatic carbocycles. The first kappa shape index (κ1) is 11.8. The van der Waals surface area contributed by atoms with Gasteiger partial charge < -0.3 is 0 Å². The number of hydrogen-bond acceptors (Lipinski definition) is 2. The summed E-state index contributed by atoms with van der Waals surface area (Å²) in [5.41, 5.74) is 0.615. The molecule has 4 heteroatoms. The van der Waals surface area contributed by atoms with Crippen LogP contribution in [0.2, 0.25) is 5.02 Å². The molecule has 0 aromatic heterocycles. The normalized spacial score (nSPS) is 20.1. The SMILES string of the molecule is O=C1CCC(C(=O)c2ccc(Cl)cc2Br)C1. The monoisotopic (exact) mass is 300 g/mol. The van der Waals surface area contributed by atoms with E-state index in [0.717, 1.165) is 0 Å². The lowest BCUT2D eigenvalue weighted by atomic mass is 9.96. The molecule has 0 saturated heterocycles. The van der Waals surface area contributed by atoms with E-state index in [2.05, 4.69) is 15.9 Å². The minimum Gasteiger partial charge on any atom is -0.300 e. The summed E-state index contributed by atoms with van der Waals surface area (Å²) in [6.45, 7) is 0. The van der Waals surface area contributed by atoms with Gasteiger partial charge in [-0.1, -0.05) is 11.6 Å². The highest BCUT2D eigenvalue weighted by atomic mass is 79.9. The predicted octanol–water partition coefficient (Wildman–Crippen LogP) is 3.65. The van der Waals surface area contributed by atoms with Crippen molar-refractivity contribution in [2.24, 2.45) is 5.92 Å². The van der Waals surface area contributed by atoms with Crippen molar-refractivity contribution in [3.8, 4) is 0 Å². The van der Waals surface area contributed by atoms with Gasteiger partial charge in [0.2, 0.25) is 0 Å². The molecule has 1 fully saturated rings. The average Bonchev–Trinajstić information content (AvgIpc) is 2.64. The summed E-state index contributed by atoms with van der Waals surface area (Å²) in [4.78, 5) is 23.2. The van der Waals surface area contributed by atoms with Gasteiger partial charge in [0.25, 0.3) is 0 Å². The van der Waals surface area contributed by atoms with E-state index in [4.69, 9.17) is 11.6 Å². The molecule has 1 unspecified atom stereocenters. The first-order valence-corrected chi connectivity index (χ1v) is 6.26. The molecule has 0 bridgehead atoms. The summed E-state index contributed by atoms with van der Waals surface area (Å²) in [5.74, 6) is 0.0720. The van der Waals surface area contributed by atoms with Crippen molar-refractivity contribution >= 4 is 39.1 Å². The Morgan fingerprint density at radius 2 is 2.19 bits per heavy atom. The van der Waals surface area contributed by atoms with Crippen LogP contribution in [0.4, 0.5) is 0 Å². The standard InChI is InChI=1S/C12H10BrClO2/c13-11-6-8(14)2-4-10(11)12(16)7-1-3-9(15)5-7/h2,4,6-7H,1,3,5H2. The molecule has 1 saturated carbocycles. The second-order valence-corrected chi connectivity index (χ2v) is 5.26. The van der Waals surface area contributed by atoms with Crippen LogP contribution in [0.5, 0.6) is 0 Å². The summed E-state index contributed by atoms with van der Waals surface area (Å²) < 4.78 is 0.698. The molecule has 0 N–H and O–H groups in total. The summed E-state index contributed by atoms with van der Waals surface area (Å²) in [6.07, 6.45) is 1.59. The molecular weight excluding hydrogens is 291 g/mol. The van der Waals surface area contributed by atoms with Crippen LogP contribution in [0.15, 0.2) is 22.7 Å². The van der Waals surface area contributed by atoms with E-state index >= 15 is 0 Å². The fourth-order valence-corrected chi connectivity index (χ4v) is 2.83. The number of benzene rings is 1. The van der Waals surface area contributed by atoms with Crippen molar-refractivity contribution in [1.82, 2.24) is 0 Å². The largest absolute Gasteiger partial charge is 0.300 e. The van der Waals surface area contributed by atoms with Crippen LogP contribution in [0.25, 0.3) is 0 Å². The first-order valence-electron chi connectivity index (χ1n) is 5.09. The lowest BCUT2D eigenvalue weighted by Gasteiger charge is -2.08. The van der Waals surface area contributed by atoms with Gasteiger partial charge in [-0.2, -0.15) is 0 Å². The molecule has 0 heterocycles. The molecule has 2 rings (SSSR count). The number of hydrogen-bond donors (Lipinski definition) is 0. The third-order valence-electron chi connectivity index (χ3n) is 2.81. The maximum absolute atomic E-state index is 12.1. The van der Waals surface area contributed by atoms with Gasteiger partial charge in [0.15, 0.2) is 5.78 Å². The van der Waals surface area contributed by atoms with E-state index in [-0.39, 0.29) is 17.5 Å². The minimum absolute atomic E-state index is 0.0365. The number of ketones is 2. The molecule has 1 atom stereocenters. The molecule has 16 heavy (non-hydrogen) atoms. The Kier molecular flexibility index (Phi) is 3.45. The lowest BCUT2D eigenvalue weighted by Crippen LogP contribution is -2.12. The lowest BCUT2D eigenvalue weighted by molar-refractivity contribution is -0.117. The number of Topliss-reactive ketones (excluding diaryl/α,β-unsaturated/α-hetero) is 2. The van der Waals surface area contributed by atoms with E-state index in [0.29, 0.717) is 34.3 Å². The van der Waals surface area contributed by atoms with E-state index in [9.17, 15) is 9.59 Å². The Balaban J connectivity index is 2.24. The Hall–Kier alpha value is -0.670. The number of halogens is 2. The molecule has 0 radical (unpaired) electrons. The molecule has 84 valence electrons. The van der Waals surface area contributed by atoms with Crippen LogP contribution in [0, 0.1) is 5.92 Å². The molecule has 1 aromatic rings. The molecule has 0 amide bonds. The maximum atomic E-state index is 12.1. The molecular formula is C12H10BrClO2. The van der Waals surface area contributed by atoms with Crippen molar-refractivity contribution < 1.29 is 9.59 Å². The Labute approximate surface area is 107 Å². The third kappa shape index (κ3) is 2.36. The van der Waals surface area contributed by atoms with Gasteiger partial charge in [-0.3, -0.25) is 9.59 Å². The predicted molar refractivity (Wildman–Crippen MR) is 65.8 cm³/mol. The molecule has 0 spiro atoms. The van der Waals surface area contributed by atoms with Crippen molar-refractivity contribution in [3.63, 3.8) is 0 Å². The zero-order valence-electron chi connectivity index (χ0n) is 8.50. The summed E-state index contributed by atoms with van der Waals surface area (Å²) >= 11 is 9.13. The third-order valence-corrected chi connectivity index (χ3v) is 3.70. The van der Waals surface area contributed by atoms with Crippen molar-refractivity contribution in [1.29, 1.82) is 0 Å². The van der Waals surface area contributed by atoms with Crippen molar-refractivity contribution in [2.75, 3.05) is 0 Å². The highest BCUT2D eigenvalue weighted by Gasteiger charge is 2.29. The van der Waals surface area contributed by atoms with Gasteiger partial charge in [0.05, 0.1) is 0 Å². The van der Waals surface area contributed by atoms with Gasteiger partial charge >= 0.3 is 0 Å². The van der Waals surface area contributed by atoms with Crippen LogP contribution < -0.4 is 0 Å². The highest BCUT2D eigenvalue weighted by Crippen LogP contribution is 2.30. The summed E-state index contributed by atoms with van der Waals surface area (Å²) in [6, 6.07) is 5.10. The highest BCUT2D eigenvalue weighted by molar-refractivity contribution is 9.10. The second kappa shape index (κ2) is 4.68. The summed E-state index contributed by atoms with van der Waals surface area (Å²) in [7, 11) is 0. The van der Waals surface area contributed by atoms with Gasteiger partial charge in [-0.25, -0.2) is 0 Å².